The number of rotatable bonds is 6. The van der Waals surface area contributed by atoms with Gasteiger partial charge in [0.25, 0.3) is 0 Å². The first-order valence-electron chi connectivity index (χ1n) is 6.18. The summed E-state index contributed by atoms with van der Waals surface area (Å²) in [4.78, 5) is 11.6. The van der Waals surface area contributed by atoms with Crippen LogP contribution in [0.2, 0.25) is 0 Å². The molecule has 0 bridgehead atoms. The number of nitrogens with one attached hydrogen (secondary N) is 2. The van der Waals surface area contributed by atoms with Crippen molar-refractivity contribution in [2.45, 2.75) is 45.8 Å². The van der Waals surface area contributed by atoms with E-state index in [0.29, 0.717) is 11.8 Å². The van der Waals surface area contributed by atoms with Crippen LogP contribution in [0.15, 0.2) is 0 Å². The molecular formula is C12H24N2O2. The molecule has 0 saturated heterocycles. The minimum absolute atomic E-state index is 0.0635. The second-order valence-electron chi connectivity index (χ2n) is 5.26. The van der Waals surface area contributed by atoms with E-state index >= 15 is 0 Å². The molecule has 4 heteroatoms. The van der Waals surface area contributed by atoms with Gasteiger partial charge in [-0.05, 0) is 38.1 Å². The largest absolute Gasteiger partial charge is 0.393 e. The summed E-state index contributed by atoms with van der Waals surface area (Å²) in [7, 11) is 0. The first kappa shape index (κ1) is 13.5. The third kappa shape index (κ3) is 4.49. The summed E-state index contributed by atoms with van der Waals surface area (Å²) in [5.41, 5.74) is 0. The van der Waals surface area contributed by atoms with Crippen LogP contribution in [0.4, 0.5) is 0 Å². The molecule has 1 atom stereocenters. The quantitative estimate of drug-likeness (QED) is 0.620. The molecule has 94 valence electrons. The van der Waals surface area contributed by atoms with Crippen LogP contribution < -0.4 is 10.6 Å². The topological polar surface area (TPSA) is 61.4 Å². The van der Waals surface area contributed by atoms with Crippen molar-refractivity contribution in [1.29, 1.82) is 0 Å². The van der Waals surface area contributed by atoms with Crippen molar-refractivity contribution >= 4 is 5.91 Å². The third-order valence-corrected chi connectivity index (χ3v) is 3.00. The van der Waals surface area contributed by atoms with E-state index < -0.39 is 0 Å². The van der Waals surface area contributed by atoms with Gasteiger partial charge in [0.15, 0.2) is 0 Å². The standard InChI is InChI=1S/C12H24N2O2/c1-8(2)6-14-12(16)9(3)13-7-10-4-11(15)5-10/h8-11,13,15H,4-7H2,1-3H3,(H,14,16). The lowest BCUT2D eigenvalue weighted by molar-refractivity contribution is -0.123. The Morgan fingerprint density at radius 1 is 1.38 bits per heavy atom. The number of amides is 1. The molecule has 0 spiro atoms. The maximum absolute atomic E-state index is 11.6. The number of aliphatic hydroxyl groups is 1. The fourth-order valence-corrected chi connectivity index (χ4v) is 1.76. The van der Waals surface area contributed by atoms with E-state index in [1.165, 1.54) is 0 Å². The number of aliphatic hydroxyl groups excluding tert-OH is 1. The van der Waals surface area contributed by atoms with Gasteiger partial charge in [-0.1, -0.05) is 13.8 Å². The highest BCUT2D eigenvalue weighted by molar-refractivity contribution is 5.81. The second-order valence-corrected chi connectivity index (χ2v) is 5.26. The van der Waals surface area contributed by atoms with Gasteiger partial charge in [0.05, 0.1) is 12.1 Å². The molecule has 0 aromatic rings. The summed E-state index contributed by atoms with van der Waals surface area (Å²) >= 11 is 0. The van der Waals surface area contributed by atoms with Crippen LogP contribution in [0.25, 0.3) is 0 Å². The van der Waals surface area contributed by atoms with Gasteiger partial charge in [-0.15, -0.1) is 0 Å². The normalized spacial score (nSPS) is 26.3. The summed E-state index contributed by atoms with van der Waals surface area (Å²) in [6.45, 7) is 7.59. The molecule has 1 saturated carbocycles. The molecule has 3 N–H and O–H groups in total. The van der Waals surface area contributed by atoms with Crippen molar-refractivity contribution in [2.75, 3.05) is 13.1 Å². The summed E-state index contributed by atoms with van der Waals surface area (Å²) < 4.78 is 0. The van der Waals surface area contributed by atoms with Crippen LogP contribution in [-0.4, -0.2) is 36.2 Å². The van der Waals surface area contributed by atoms with Crippen molar-refractivity contribution in [3.05, 3.63) is 0 Å². The number of carbonyl (C=O) groups is 1. The highest BCUT2D eigenvalue weighted by Gasteiger charge is 2.27. The highest BCUT2D eigenvalue weighted by Crippen LogP contribution is 2.26. The van der Waals surface area contributed by atoms with Crippen molar-refractivity contribution in [3.63, 3.8) is 0 Å². The minimum Gasteiger partial charge on any atom is -0.393 e. The summed E-state index contributed by atoms with van der Waals surface area (Å²) in [6, 6.07) is -0.142. The molecule has 0 heterocycles. The molecule has 16 heavy (non-hydrogen) atoms. The average Bonchev–Trinajstić information content (AvgIpc) is 2.18. The smallest absolute Gasteiger partial charge is 0.236 e. The molecule has 0 aliphatic heterocycles. The molecule has 0 aromatic heterocycles. The lowest BCUT2D eigenvalue weighted by atomic mass is 9.82. The molecule has 1 aliphatic carbocycles. The van der Waals surface area contributed by atoms with Gasteiger partial charge < -0.3 is 15.7 Å². The average molecular weight is 228 g/mol. The summed E-state index contributed by atoms with van der Waals surface area (Å²) in [5.74, 6) is 1.09. The van der Waals surface area contributed by atoms with Crippen LogP contribution in [0.1, 0.15) is 33.6 Å². The number of hydrogen-bond donors (Lipinski definition) is 3. The Bertz CT molecular complexity index is 225. The van der Waals surface area contributed by atoms with Crippen LogP contribution in [0, 0.1) is 11.8 Å². The summed E-state index contributed by atoms with van der Waals surface area (Å²) in [6.07, 6.45) is 1.62. The van der Waals surface area contributed by atoms with Crippen molar-refractivity contribution in [1.82, 2.24) is 10.6 Å². The zero-order valence-corrected chi connectivity index (χ0v) is 10.5. The first-order chi connectivity index (χ1) is 7.49. The van der Waals surface area contributed by atoms with Gasteiger partial charge in [-0.3, -0.25) is 4.79 Å². The first-order valence-corrected chi connectivity index (χ1v) is 6.18. The van der Waals surface area contributed by atoms with Crippen LogP contribution in [0.5, 0.6) is 0 Å². The monoisotopic (exact) mass is 228 g/mol. The Balaban J connectivity index is 2.09. The Morgan fingerprint density at radius 3 is 2.50 bits per heavy atom. The van der Waals surface area contributed by atoms with Gasteiger partial charge in [0.1, 0.15) is 0 Å². The molecule has 1 unspecified atom stereocenters. The van der Waals surface area contributed by atoms with Crippen molar-refractivity contribution in [2.24, 2.45) is 11.8 Å². The Labute approximate surface area is 97.8 Å². The molecule has 1 fully saturated rings. The lowest BCUT2D eigenvalue weighted by Crippen LogP contribution is -2.46. The van der Waals surface area contributed by atoms with Gasteiger partial charge in [-0.25, -0.2) is 0 Å². The van der Waals surface area contributed by atoms with Crippen molar-refractivity contribution in [3.8, 4) is 0 Å². The fraction of sp³-hybridized carbons (Fsp3) is 0.917. The number of hydrogen-bond acceptors (Lipinski definition) is 3. The minimum atomic E-state index is -0.142. The van der Waals surface area contributed by atoms with Crippen LogP contribution in [0.3, 0.4) is 0 Å². The maximum atomic E-state index is 11.6. The van der Waals surface area contributed by atoms with Gasteiger partial charge in [-0.2, -0.15) is 0 Å². The fourth-order valence-electron chi connectivity index (χ4n) is 1.76. The van der Waals surface area contributed by atoms with E-state index in [0.717, 1.165) is 25.9 Å². The van der Waals surface area contributed by atoms with E-state index in [1.807, 2.05) is 6.92 Å². The number of carbonyl (C=O) groups excluding carboxylic acids is 1. The van der Waals surface area contributed by atoms with Crippen LogP contribution in [-0.2, 0) is 4.79 Å². The SMILES string of the molecule is CC(C)CNC(=O)C(C)NCC1CC(O)C1. The van der Waals surface area contributed by atoms with Crippen LogP contribution >= 0.6 is 0 Å². The molecule has 1 rings (SSSR count). The van der Waals surface area contributed by atoms with Gasteiger partial charge >= 0.3 is 0 Å². The molecule has 1 aliphatic rings. The Kier molecular flexibility index (Phi) is 5.22. The zero-order valence-electron chi connectivity index (χ0n) is 10.5. The summed E-state index contributed by atoms with van der Waals surface area (Å²) in [5, 5.41) is 15.2. The van der Waals surface area contributed by atoms with E-state index in [1.54, 1.807) is 0 Å². The maximum Gasteiger partial charge on any atom is 0.236 e. The molecule has 0 aromatic carbocycles. The van der Waals surface area contributed by atoms with Gasteiger partial charge in [0.2, 0.25) is 5.91 Å². The van der Waals surface area contributed by atoms with E-state index in [-0.39, 0.29) is 18.1 Å². The molecule has 4 nitrogen and oxygen atoms in total. The third-order valence-electron chi connectivity index (χ3n) is 3.00. The Morgan fingerprint density at radius 2 is 2.00 bits per heavy atom. The van der Waals surface area contributed by atoms with E-state index in [9.17, 15) is 4.79 Å². The van der Waals surface area contributed by atoms with Crippen molar-refractivity contribution < 1.29 is 9.90 Å². The Hall–Kier alpha value is -0.610. The second kappa shape index (κ2) is 6.21. The molecule has 1 amide bonds. The highest BCUT2D eigenvalue weighted by atomic mass is 16.3. The lowest BCUT2D eigenvalue weighted by Gasteiger charge is -2.32. The predicted molar refractivity (Wildman–Crippen MR) is 64.0 cm³/mol. The van der Waals surface area contributed by atoms with Gasteiger partial charge in [0, 0.05) is 6.54 Å². The molecular weight excluding hydrogens is 204 g/mol. The van der Waals surface area contributed by atoms with E-state index in [2.05, 4.69) is 24.5 Å². The van der Waals surface area contributed by atoms with E-state index in [4.69, 9.17) is 5.11 Å². The predicted octanol–water partition coefficient (Wildman–Crippen LogP) is 0.508. The zero-order chi connectivity index (χ0) is 12.1. The molecule has 0 radical (unpaired) electrons.